The third-order valence-corrected chi connectivity index (χ3v) is 5.15. The summed E-state index contributed by atoms with van der Waals surface area (Å²) in [5, 5.41) is 0. The van der Waals surface area contributed by atoms with Gasteiger partial charge in [0.2, 0.25) is 11.8 Å². The van der Waals surface area contributed by atoms with Gasteiger partial charge in [-0.15, -0.1) is 0 Å². The van der Waals surface area contributed by atoms with Crippen LogP contribution in [-0.4, -0.2) is 71.8 Å². The highest BCUT2D eigenvalue weighted by atomic mass is 16.2. The molecule has 2 saturated heterocycles. The summed E-state index contributed by atoms with van der Waals surface area (Å²) < 4.78 is 0. The van der Waals surface area contributed by atoms with Crippen molar-refractivity contribution in [3.05, 3.63) is 0 Å². The maximum atomic E-state index is 12.5. The lowest BCUT2D eigenvalue weighted by Gasteiger charge is -2.36. The molecule has 1 atom stereocenters. The average Bonchev–Trinajstić information content (AvgIpc) is 2.78. The fourth-order valence-electron chi connectivity index (χ4n) is 3.49. The van der Waals surface area contributed by atoms with Crippen molar-refractivity contribution in [1.82, 2.24) is 14.7 Å². The van der Waals surface area contributed by atoms with Gasteiger partial charge in [0.25, 0.3) is 0 Å². The zero-order chi connectivity index (χ0) is 14.1. The van der Waals surface area contributed by atoms with Gasteiger partial charge in [-0.2, -0.15) is 0 Å². The van der Waals surface area contributed by atoms with E-state index in [1.807, 2.05) is 9.80 Å². The Morgan fingerprint density at radius 3 is 2.45 bits per heavy atom. The largest absolute Gasteiger partial charge is 0.340 e. The first kappa shape index (κ1) is 13.9. The number of likely N-dealkylation sites (tertiary alicyclic amines) is 1. The van der Waals surface area contributed by atoms with E-state index >= 15 is 0 Å². The Morgan fingerprint density at radius 1 is 1.20 bits per heavy atom. The van der Waals surface area contributed by atoms with Crippen molar-refractivity contribution in [3.8, 4) is 0 Å². The molecule has 0 aromatic carbocycles. The molecule has 0 aromatic rings. The molecule has 3 rings (SSSR count). The Balaban J connectivity index is 1.54. The summed E-state index contributed by atoms with van der Waals surface area (Å²) in [5.74, 6) is 0.312. The zero-order valence-electron chi connectivity index (χ0n) is 12.4. The lowest BCUT2D eigenvalue weighted by atomic mass is 9.92. The van der Waals surface area contributed by atoms with Crippen molar-refractivity contribution >= 4 is 11.8 Å². The van der Waals surface area contributed by atoms with E-state index in [-0.39, 0.29) is 17.7 Å². The fraction of sp³-hybridized carbons (Fsp3) is 0.867. The lowest BCUT2D eigenvalue weighted by Crippen LogP contribution is -2.50. The first-order valence-electron chi connectivity index (χ1n) is 7.99. The first-order valence-corrected chi connectivity index (χ1v) is 7.99. The Morgan fingerprint density at radius 2 is 1.90 bits per heavy atom. The molecule has 2 heterocycles. The van der Waals surface area contributed by atoms with Crippen LogP contribution in [0.1, 0.15) is 32.6 Å². The number of likely N-dealkylation sites (N-methyl/N-ethyl adjacent to an activating group) is 1. The van der Waals surface area contributed by atoms with Gasteiger partial charge in [0.15, 0.2) is 0 Å². The first-order chi connectivity index (χ1) is 9.69. The van der Waals surface area contributed by atoms with Crippen LogP contribution >= 0.6 is 0 Å². The number of nitrogens with zero attached hydrogens (tertiary/aromatic N) is 3. The van der Waals surface area contributed by atoms with Gasteiger partial charge in [-0.1, -0.05) is 6.92 Å². The van der Waals surface area contributed by atoms with Crippen molar-refractivity contribution in [3.63, 3.8) is 0 Å². The molecule has 1 unspecified atom stereocenters. The number of carbonyl (C=O) groups excluding carboxylic acids is 2. The van der Waals surface area contributed by atoms with E-state index in [0.29, 0.717) is 19.0 Å². The second kappa shape index (κ2) is 5.72. The van der Waals surface area contributed by atoms with E-state index in [0.717, 1.165) is 45.6 Å². The molecule has 0 N–H and O–H groups in total. The van der Waals surface area contributed by atoms with Gasteiger partial charge >= 0.3 is 0 Å². The van der Waals surface area contributed by atoms with Gasteiger partial charge in [0.1, 0.15) is 0 Å². The van der Waals surface area contributed by atoms with Crippen LogP contribution in [0.25, 0.3) is 0 Å². The highest BCUT2D eigenvalue weighted by Crippen LogP contribution is 2.31. The van der Waals surface area contributed by atoms with E-state index in [4.69, 9.17) is 0 Å². The minimum absolute atomic E-state index is 0.0868. The Hall–Kier alpha value is -1.10. The fourth-order valence-corrected chi connectivity index (χ4v) is 3.49. The molecule has 20 heavy (non-hydrogen) atoms. The molecule has 1 aliphatic carbocycles. The molecule has 0 aromatic heterocycles. The van der Waals surface area contributed by atoms with Crippen LogP contribution in [-0.2, 0) is 9.59 Å². The third-order valence-electron chi connectivity index (χ3n) is 5.15. The van der Waals surface area contributed by atoms with Gasteiger partial charge in [0, 0.05) is 45.2 Å². The van der Waals surface area contributed by atoms with Gasteiger partial charge in [-0.25, -0.2) is 0 Å². The van der Waals surface area contributed by atoms with Crippen LogP contribution in [0.3, 0.4) is 0 Å². The number of amides is 2. The Labute approximate surface area is 120 Å². The van der Waals surface area contributed by atoms with Gasteiger partial charge in [0.05, 0.1) is 5.92 Å². The zero-order valence-corrected chi connectivity index (χ0v) is 12.4. The molecule has 3 fully saturated rings. The second-order valence-electron chi connectivity index (χ2n) is 6.29. The van der Waals surface area contributed by atoms with Crippen LogP contribution in [0.5, 0.6) is 0 Å². The molecule has 112 valence electrons. The van der Waals surface area contributed by atoms with E-state index in [1.54, 1.807) is 0 Å². The molecule has 1 saturated carbocycles. The van der Waals surface area contributed by atoms with E-state index in [2.05, 4.69) is 11.8 Å². The normalized spacial score (nSPS) is 28.9. The quantitative estimate of drug-likeness (QED) is 0.758. The van der Waals surface area contributed by atoms with Gasteiger partial charge in [-0.3, -0.25) is 9.59 Å². The van der Waals surface area contributed by atoms with E-state index in [9.17, 15) is 9.59 Å². The Kier molecular flexibility index (Phi) is 3.96. The van der Waals surface area contributed by atoms with Crippen molar-refractivity contribution in [2.75, 3.05) is 39.3 Å². The van der Waals surface area contributed by atoms with Gasteiger partial charge < -0.3 is 14.7 Å². The Bertz CT molecular complexity index is 387. The van der Waals surface area contributed by atoms with Crippen LogP contribution in [0, 0.1) is 5.92 Å². The number of hydrogen-bond acceptors (Lipinski definition) is 3. The minimum atomic E-state index is -0.0868. The molecule has 3 aliphatic rings. The van der Waals surface area contributed by atoms with Crippen LogP contribution in [0.4, 0.5) is 0 Å². The molecule has 5 nitrogen and oxygen atoms in total. The SMILES string of the molecule is CCN1CCN(C(=O)C2CC(=O)N(C3CCC3)C2)CC1. The number of hydrogen-bond donors (Lipinski definition) is 0. The monoisotopic (exact) mass is 279 g/mol. The molecule has 2 amide bonds. The minimum Gasteiger partial charge on any atom is -0.340 e. The second-order valence-corrected chi connectivity index (χ2v) is 6.29. The summed E-state index contributed by atoms with van der Waals surface area (Å²) in [6, 6.07) is 0.428. The van der Waals surface area contributed by atoms with Crippen molar-refractivity contribution < 1.29 is 9.59 Å². The summed E-state index contributed by atoms with van der Waals surface area (Å²) in [6.45, 7) is 7.45. The van der Waals surface area contributed by atoms with Crippen LogP contribution in [0.15, 0.2) is 0 Å². The van der Waals surface area contributed by atoms with Crippen LogP contribution < -0.4 is 0 Å². The van der Waals surface area contributed by atoms with E-state index in [1.165, 1.54) is 6.42 Å². The summed E-state index contributed by atoms with van der Waals surface area (Å²) in [4.78, 5) is 30.9. The topological polar surface area (TPSA) is 43.9 Å². The molecule has 2 aliphatic heterocycles. The summed E-state index contributed by atoms with van der Waals surface area (Å²) in [6.07, 6.45) is 3.92. The van der Waals surface area contributed by atoms with Crippen molar-refractivity contribution in [2.45, 2.75) is 38.6 Å². The summed E-state index contributed by atoms with van der Waals surface area (Å²) >= 11 is 0. The molecule has 5 heteroatoms. The number of rotatable bonds is 3. The third kappa shape index (κ3) is 2.55. The molecule has 0 bridgehead atoms. The average molecular weight is 279 g/mol. The number of carbonyl (C=O) groups is 2. The smallest absolute Gasteiger partial charge is 0.228 e. The number of piperazine rings is 1. The van der Waals surface area contributed by atoms with E-state index < -0.39 is 0 Å². The predicted molar refractivity (Wildman–Crippen MR) is 76.2 cm³/mol. The lowest BCUT2D eigenvalue weighted by molar-refractivity contribution is -0.137. The van der Waals surface area contributed by atoms with Crippen molar-refractivity contribution in [2.24, 2.45) is 5.92 Å². The molecular formula is C15H25N3O2. The highest BCUT2D eigenvalue weighted by Gasteiger charge is 2.41. The summed E-state index contributed by atoms with van der Waals surface area (Å²) in [5.41, 5.74) is 0. The maximum Gasteiger partial charge on any atom is 0.228 e. The maximum absolute atomic E-state index is 12.5. The van der Waals surface area contributed by atoms with Crippen LogP contribution in [0.2, 0.25) is 0 Å². The summed E-state index contributed by atoms with van der Waals surface area (Å²) in [7, 11) is 0. The highest BCUT2D eigenvalue weighted by molar-refractivity contribution is 5.89. The standard InChI is InChI=1S/C15H25N3O2/c1-2-16-6-8-17(9-7-16)15(20)12-10-14(19)18(11-12)13-4-3-5-13/h12-13H,2-11H2,1H3. The molecular weight excluding hydrogens is 254 g/mol. The van der Waals surface area contributed by atoms with Gasteiger partial charge in [-0.05, 0) is 25.8 Å². The molecule has 0 radical (unpaired) electrons. The predicted octanol–water partition coefficient (Wildman–Crippen LogP) is 0.552. The molecule has 0 spiro atoms. The van der Waals surface area contributed by atoms with Crippen molar-refractivity contribution in [1.29, 1.82) is 0 Å².